The van der Waals surface area contributed by atoms with Crippen LogP contribution in [0.2, 0.25) is 0 Å². The van der Waals surface area contributed by atoms with Gasteiger partial charge in [0.05, 0.1) is 0 Å². The van der Waals surface area contributed by atoms with Gasteiger partial charge in [-0.15, -0.1) is 0 Å². The van der Waals surface area contributed by atoms with E-state index in [9.17, 15) is 9.18 Å². The van der Waals surface area contributed by atoms with Crippen molar-refractivity contribution in [3.63, 3.8) is 0 Å². The summed E-state index contributed by atoms with van der Waals surface area (Å²) in [4.78, 5) is 13.2. The highest BCUT2D eigenvalue weighted by Gasteiger charge is 2.31. The Kier molecular flexibility index (Phi) is 10.5. The molecule has 1 amide bonds. The van der Waals surface area contributed by atoms with Crippen LogP contribution in [0, 0.1) is 23.6 Å². The lowest BCUT2D eigenvalue weighted by Gasteiger charge is -2.38. The second-order valence-corrected chi connectivity index (χ2v) is 10.8. The number of aryl methyl sites for hydroxylation is 1. The Morgan fingerprint density at radius 1 is 1.03 bits per heavy atom. The van der Waals surface area contributed by atoms with Gasteiger partial charge in [0.2, 0.25) is 5.91 Å². The van der Waals surface area contributed by atoms with Gasteiger partial charge in [0.15, 0.2) is 0 Å². The molecule has 0 radical (unpaired) electrons. The molecule has 0 aliphatic heterocycles. The third-order valence-electron chi connectivity index (χ3n) is 8.56. The Labute approximate surface area is 202 Å². The lowest BCUT2D eigenvalue weighted by Crippen LogP contribution is -2.26. The van der Waals surface area contributed by atoms with Crippen molar-refractivity contribution < 1.29 is 9.18 Å². The maximum atomic E-state index is 14.9. The van der Waals surface area contributed by atoms with E-state index in [2.05, 4.69) is 19.6 Å². The fourth-order valence-corrected chi connectivity index (χ4v) is 6.38. The number of nitrogens with zero attached hydrogens (tertiary/aromatic N) is 1. The first kappa shape index (κ1) is 26.0. The second-order valence-electron chi connectivity index (χ2n) is 10.8. The molecule has 3 rings (SSSR count). The number of carbonyl (C=O) groups excluding carboxylic acids is 1. The summed E-state index contributed by atoms with van der Waals surface area (Å²) >= 11 is 0. The number of unbranched alkanes of at least 4 members (excludes halogenated alkanes) is 2. The molecule has 0 aromatic heterocycles. The molecule has 33 heavy (non-hydrogen) atoms. The van der Waals surface area contributed by atoms with E-state index in [1.807, 2.05) is 6.07 Å². The molecular formula is C30H46FNO. The molecular weight excluding hydrogens is 409 g/mol. The Balaban J connectivity index is 1.41. The highest BCUT2D eigenvalue weighted by Crippen LogP contribution is 2.45. The van der Waals surface area contributed by atoms with Crippen LogP contribution >= 0.6 is 0 Å². The van der Waals surface area contributed by atoms with Crippen LogP contribution in [0.15, 0.2) is 30.9 Å². The van der Waals surface area contributed by atoms with Gasteiger partial charge >= 0.3 is 0 Å². The molecule has 2 aliphatic carbocycles. The minimum absolute atomic E-state index is 0.0286. The molecule has 2 fully saturated rings. The Hall–Kier alpha value is -1.64. The van der Waals surface area contributed by atoms with Crippen LogP contribution in [-0.4, -0.2) is 24.4 Å². The molecule has 184 valence electrons. The molecule has 0 unspecified atom stereocenters. The van der Waals surface area contributed by atoms with Gasteiger partial charge in [0.25, 0.3) is 0 Å². The standard InChI is InChI=1S/C30H46FNO/c1-4-6-7-9-23-11-14-25(15-12-23)26-16-18-27(19-17-26)28-20-13-24(22-29(28)31)10-8-21-32(3)30(33)5-2/h5,13,20,22-23,25-27H,2,4,6-12,14-19,21H2,1,3H3. The highest BCUT2D eigenvalue weighted by atomic mass is 19.1. The first-order chi connectivity index (χ1) is 16.0. The van der Waals surface area contributed by atoms with E-state index < -0.39 is 0 Å². The van der Waals surface area contributed by atoms with Crippen LogP contribution in [0.5, 0.6) is 0 Å². The van der Waals surface area contributed by atoms with Crippen molar-refractivity contribution in [2.24, 2.45) is 17.8 Å². The van der Waals surface area contributed by atoms with E-state index >= 15 is 0 Å². The van der Waals surface area contributed by atoms with Gasteiger partial charge in [-0.3, -0.25) is 4.79 Å². The quantitative estimate of drug-likeness (QED) is 0.244. The second kappa shape index (κ2) is 13.3. The molecule has 2 nitrogen and oxygen atoms in total. The van der Waals surface area contributed by atoms with Crippen molar-refractivity contribution >= 4 is 5.91 Å². The Morgan fingerprint density at radius 3 is 2.30 bits per heavy atom. The predicted octanol–water partition coefficient (Wildman–Crippen LogP) is 8.06. The maximum Gasteiger partial charge on any atom is 0.245 e. The zero-order valence-corrected chi connectivity index (χ0v) is 21.2. The largest absolute Gasteiger partial charge is 0.342 e. The van der Waals surface area contributed by atoms with E-state index in [4.69, 9.17) is 0 Å². The molecule has 0 saturated heterocycles. The van der Waals surface area contributed by atoms with Gasteiger partial charge in [0.1, 0.15) is 5.82 Å². The average Bonchev–Trinajstić information content (AvgIpc) is 2.84. The minimum atomic E-state index is -0.0628. The molecule has 3 heteroatoms. The number of likely N-dealkylation sites (N-methyl/N-ethyl adjacent to an activating group) is 1. The van der Waals surface area contributed by atoms with Crippen LogP contribution in [0.4, 0.5) is 4.39 Å². The third-order valence-corrected chi connectivity index (χ3v) is 8.56. The molecule has 0 atom stereocenters. The van der Waals surface area contributed by atoms with E-state index in [-0.39, 0.29) is 11.7 Å². The average molecular weight is 456 g/mol. The van der Waals surface area contributed by atoms with Crippen molar-refractivity contribution in [3.8, 4) is 0 Å². The molecule has 0 spiro atoms. The van der Waals surface area contributed by atoms with Crippen LogP contribution in [-0.2, 0) is 11.2 Å². The molecule has 1 aromatic carbocycles. The number of rotatable bonds is 11. The smallest absolute Gasteiger partial charge is 0.245 e. The first-order valence-electron chi connectivity index (χ1n) is 13.7. The topological polar surface area (TPSA) is 20.3 Å². The SMILES string of the molecule is C=CC(=O)N(C)CCCc1ccc(C2CCC(C3CCC(CCCCC)CC3)CC2)c(F)c1. The summed E-state index contributed by atoms with van der Waals surface area (Å²) in [5.41, 5.74) is 1.95. The number of hydrogen-bond acceptors (Lipinski definition) is 1. The van der Waals surface area contributed by atoms with Gasteiger partial charge in [-0.25, -0.2) is 4.39 Å². The molecule has 1 aromatic rings. The van der Waals surface area contributed by atoms with Gasteiger partial charge < -0.3 is 4.90 Å². The molecule has 0 bridgehead atoms. The van der Waals surface area contributed by atoms with Crippen molar-refractivity contribution in [3.05, 3.63) is 47.8 Å². The number of halogens is 1. The van der Waals surface area contributed by atoms with Gasteiger partial charge in [-0.1, -0.05) is 64.2 Å². The van der Waals surface area contributed by atoms with Crippen molar-refractivity contribution in [1.29, 1.82) is 0 Å². The molecule has 0 heterocycles. The Bertz CT molecular complexity index is 744. The van der Waals surface area contributed by atoms with Gasteiger partial charge in [-0.05, 0) is 98.3 Å². The number of benzene rings is 1. The normalized spacial score (nSPS) is 25.5. The zero-order valence-electron chi connectivity index (χ0n) is 21.2. The van der Waals surface area contributed by atoms with E-state index in [0.29, 0.717) is 12.5 Å². The van der Waals surface area contributed by atoms with Gasteiger partial charge in [-0.2, -0.15) is 0 Å². The summed E-state index contributed by atoms with van der Waals surface area (Å²) < 4.78 is 14.9. The fraction of sp³-hybridized carbons (Fsp3) is 0.700. The molecule has 2 aliphatic rings. The Morgan fingerprint density at radius 2 is 1.70 bits per heavy atom. The predicted molar refractivity (Wildman–Crippen MR) is 137 cm³/mol. The number of amides is 1. The summed E-state index contributed by atoms with van der Waals surface area (Å²) in [6.07, 6.45) is 19.2. The van der Waals surface area contributed by atoms with Crippen LogP contribution in [0.25, 0.3) is 0 Å². The van der Waals surface area contributed by atoms with Gasteiger partial charge in [0, 0.05) is 13.6 Å². The number of hydrogen-bond donors (Lipinski definition) is 0. The maximum absolute atomic E-state index is 14.9. The number of carbonyl (C=O) groups is 1. The van der Waals surface area contributed by atoms with Crippen molar-refractivity contribution in [2.45, 2.75) is 103 Å². The lowest BCUT2D eigenvalue weighted by molar-refractivity contribution is -0.124. The third kappa shape index (κ3) is 7.69. The first-order valence-corrected chi connectivity index (χ1v) is 13.7. The van der Waals surface area contributed by atoms with Crippen molar-refractivity contribution in [1.82, 2.24) is 4.90 Å². The summed E-state index contributed by atoms with van der Waals surface area (Å²) in [5.74, 6) is 3.07. The van der Waals surface area contributed by atoms with E-state index in [1.165, 1.54) is 70.3 Å². The van der Waals surface area contributed by atoms with E-state index in [1.54, 1.807) is 18.0 Å². The lowest BCUT2D eigenvalue weighted by atomic mass is 9.68. The summed E-state index contributed by atoms with van der Waals surface area (Å²) in [6.45, 7) is 6.48. The highest BCUT2D eigenvalue weighted by molar-refractivity contribution is 5.86. The molecule has 0 N–H and O–H groups in total. The summed E-state index contributed by atoms with van der Waals surface area (Å²) in [6, 6.07) is 5.87. The summed E-state index contributed by atoms with van der Waals surface area (Å²) in [7, 11) is 1.78. The molecule has 2 saturated carbocycles. The van der Waals surface area contributed by atoms with Crippen LogP contribution < -0.4 is 0 Å². The minimum Gasteiger partial charge on any atom is -0.342 e. The zero-order chi connectivity index (χ0) is 23.6. The summed E-state index contributed by atoms with van der Waals surface area (Å²) in [5, 5.41) is 0. The fourth-order valence-electron chi connectivity index (χ4n) is 6.38. The van der Waals surface area contributed by atoms with Crippen LogP contribution in [0.1, 0.15) is 107 Å². The van der Waals surface area contributed by atoms with E-state index in [0.717, 1.165) is 54.6 Å². The van der Waals surface area contributed by atoms with Crippen molar-refractivity contribution in [2.75, 3.05) is 13.6 Å². The van der Waals surface area contributed by atoms with Crippen LogP contribution in [0.3, 0.4) is 0 Å². The monoisotopic (exact) mass is 455 g/mol.